The average molecular weight is 290 g/mol. The lowest BCUT2D eigenvalue weighted by molar-refractivity contribution is 0.504. The Labute approximate surface area is 129 Å². The van der Waals surface area contributed by atoms with Crippen LogP contribution < -0.4 is 9.80 Å². The minimum atomic E-state index is 0.584. The first-order valence-corrected chi connectivity index (χ1v) is 8.33. The molecule has 1 saturated carbocycles. The van der Waals surface area contributed by atoms with E-state index in [1.54, 1.807) is 0 Å². The van der Waals surface area contributed by atoms with Gasteiger partial charge in [0.05, 0.1) is 0 Å². The fraction of sp³-hybridized carbons (Fsp3) is 0.765. The van der Waals surface area contributed by atoms with Crippen molar-refractivity contribution in [3.05, 3.63) is 11.8 Å². The fourth-order valence-electron chi connectivity index (χ4n) is 3.21. The van der Waals surface area contributed by atoms with Gasteiger partial charge in [0.25, 0.3) is 0 Å². The van der Waals surface area contributed by atoms with Gasteiger partial charge in [0.2, 0.25) is 5.95 Å². The molecule has 1 aliphatic carbocycles. The van der Waals surface area contributed by atoms with Gasteiger partial charge in [-0.1, -0.05) is 38.5 Å². The Morgan fingerprint density at radius 3 is 2.10 bits per heavy atom. The maximum atomic E-state index is 4.77. The first-order chi connectivity index (χ1) is 10.1. The molecule has 1 aromatic rings. The number of hydrogen-bond donors (Lipinski definition) is 0. The quantitative estimate of drug-likeness (QED) is 0.848. The van der Waals surface area contributed by atoms with E-state index in [1.165, 1.54) is 51.4 Å². The molecule has 0 bridgehead atoms. The molecule has 0 radical (unpaired) electrons. The lowest BCUT2D eigenvalue weighted by Crippen LogP contribution is -2.33. The summed E-state index contributed by atoms with van der Waals surface area (Å²) in [5, 5.41) is 0. The highest BCUT2D eigenvalue weighted by Crippen LogP contribution is 2.24. The molecule has 1 aliphatic rings. The molecule has 0 aliphatic heterocycles. The highest BCUT2D eigenvalue weighted by molar-refractivity contribution is 5.48. The summed E-state index contributed by atoms with van der Waals surface area (Å²) in [5.74, 6) is 1.89. The predicted molar refractivity (Wildman–Crippen MR) is 90.2 cm³/mol. The second-order valence-corrected chi connectivity index (χ2v) is 6.53. The third-order valence-electron chi connectivity index (χ3n) is 4.54. The van der Waals surface area contributed by atoms with Gasteiger partial charge in [0, 0.05) is 38.9 Å². The number of aromatic nitrogens is 2. The molecule has 2 rings (SSSR count). The van der Waals surface area contributed by atoms with Gasteiger partial charge < -0.3 is 9.80 Å². The second-order valence-electron chi connectivity index (χ2n) is 6.53. The van der Waals surface area contributed by atoms with Gasteiger partial charge >= 0.3 is 0 Å². The Morgan fingerprint density at radius 1 is 0.952 bits per heavy atom. The van der Waals surface area contributed by atoms with E-state index in [0.717, 1.165) is 17.3 Å². The zero-order valence-corrected chi connectivity index (χ0v) is 14.1. The van der Waals surface area contributed by atoms with Crippen LogP contribution in [0.4, 0.5) is 11.8 Å². The summed E-state index contributed by atoms with van der Waals surface area (Å²) < 4.78 is 0. The molecule has 1 fully saturated rings. The van der Waals surface area contributed by atoms with Crippen LogP contribution in [0.25, 0.3) is 0 Å². The third-order valence-corrected chi connectivity index (χ3v) is 4.54. The van der Waals surface area contributed by atoms with Crippen molar-refractivity contribution in [3.8, 4) is 0 Å². The molecule has 0 amide bonds. The van der Waals surface area contributed by atoms with E-state index in [0.29, 0.717) is 6.04 Å². The first-order valence-electron chi connectivity index (χ1n) is 8.33. The van der Waals surface area contributed by atoms with E-state index >= 15 is 0 Å². The number of hydrogen-bond acceptors (Lipinski definition) is 4. The van der Waals surface area contributed by atoms with Crippen molar-refractivity contribution in [2.75, 3.05) is 30.9 Å². The fourth-order valence-corrected chi connectivity index (χ4v) is 3.21. The normalized spacial score (nSPS) is 17.7. The lowest BCUT2D eigenvalue weighted by atomic mass is 10.0. The molecule has 0 aromatic carbocycles. The van der Waals surface area contributed by atoms with Gasteiger partial charge in [0.1, 0.15) is 5.82 Å². The second kappa shape index (κ2) is 7.62. The summed E-state index contributed by atoms with van der Waals surface area (Å²) in [6, 6.07) is 0.584. The van der Waals surface area contributed by atoms with Crippen molar-refractivity contribution in [2.24, 2.45) is 0 Å². The summed E-state index contributed by atoms with van der Waals surface area (Å²) in [6.07, 6.45) is 12.7. The topological polar surface area (TPSA) is 32.3 Å². The van der Waals surface area contributed by atoms with E-state index in [9.17, 15) is 0 Å². The SMILES string of the molecule is Cc1cnc(N(C)C2CCCCCCCC2)nc1N(C)C. The molecule has 0 unspecified atom stereocenters. The van der Waals surface area contributed by atoms with Crippen molar-refractivity contribution < 1.29 is 0 Å². The van der Waals surface area contributed by atoms with Gasteiger partial charge in [-0.05, 0) is 19.8 Å². The summed E-state index contributed by atoms with van der Waals surface area (Å²) in [4.78, 5) is 13.7. The lowest BCUT2D eigenvalue weighted by Gasteiger charge is -2.29. The average Bonchev–Trinajstić information content (AvgIpc) is 2.60. The molecule has 0 saturated heterocycles. The molecule has 21 heavy (non-hydrogen) atoms. The smallest absolute Gasteiger partial charge is 0.227 e. The van der Waals surface area contributed by atoms with Crippen molar-refractivity contribution in [3.63, 3.8) is 0 Å². The molecule has 4 nitrogen and oxygen atoms in total. The molecular formula is C17H30N4. The zero-order chi connectivity index (χ0) is 15.2. The molecule has 0 N–H and O–H groups in total. The van der Waals surface area contributed by atoms with E-state index in [4.69, 9.17) is 4.98 Å². The van der Waals surface area contributed by atoms with E-state index in [1.807, 2.05) is 20.3 Å². The summed E-state index contributed by atoms with van der Waals surface area (Å²) >= 11 is 0. The summed E-state index contributed by atoms with van der Waals surface area (Å²) in [6.45, 7) is 2.07. The number of rotatable bonds is 3. The van der Waals surface area contributed by atoms with Gasteiger partial charge in [-0.15, -0.1) is 0 Å². The van der Waals surface area contributed by atoms with Crippen LogP contribution in [0.5, 0.6) is 0 Å². The maximum absolute atomic E-state index is 4.77. The molecule has 118 valence electrons. The molecule has 4 heteroatoms. The van der Waals surface area contributed by atoms with Crippen LogP contribution in [0.1, 0.15) is 56.9 Å². The number of nitrogens with zero attached hydrogens (tertiary/aromatic N) is 4. The van der Waals surface area contributed by atoms with Crippen LogP contribution >= 0.6 is 0 Å². The molecule has 1 heterocycles. The molecule has 1 aromatic heterocycles. The van der Waals surface area contributed by atoms with Crippen molar-refractivity contribution >= 4 is 11.8 Å². The Bertz CT molecular complexity index is 434. The van der Waals surface area contributed by atoms with Crippen LogP contribution in [0, 0.1) is 6.92 Å². The van der Waals surface area contributed by atoms with Gasteiger partial charge in [-0.3, -0.25) is 0 Å². The number of anilines is 2. The van der Waals surface area contributed by atoms with Crippen LogP contribution in [0.15, 0.2) is 6.20 Å². The minimum Gasteiger partial charge on any atom is -0.362 e. The summed E-state index contributed by atoms with van der Waals surface area (Å²) in [7, 11) is 6.24. The Kier molecular flexibility index (Phi) is 5.83. The highest BCUT2D eigenvalue weighted by atomic mass is 15.3. The Hall–Kier alpha value is -1.32. The van der Waals surface area contributed by atoms with E-state index < -0.39 is 0 Å². The standard InChI is InChI=1S/C17H30N4/c1-14-13-18-17(19-16(14)20(2)3)21(4)15-11-9-7-5-6-8-10-12-15/h13,15H,5-12H2,1-4H3. The zero-order valence-electron chi connectivity index (χ0n) is 14.1. The monoisotopic (exact) mass is 290 g/mol. The van der Waals surface area contributed by atoms with Crippen LogP contribution in [0.2, 0.25) is 0 Å². The van der Waals surface area contributed by atoms with Gasteiger partial charge in [0.15, 0.2) is 0 Å². The van der Waals surface area contributed by atoms with Crippen LogP contribution in [-0.2, 0) is 0 Å². The Balaban J connectivity index is 2.13. The van der Waals surface area contributed by atoms with Gasteiger partial charge in [-0.2, -0.15) is 4.98 Å². The van der Waals surface area contributed by atoms with Crippen molar-refractivity contribution in [1.82, 2.24) is 9.97 Å². The molecular weight excluding hydrogens is 260 g/mol. The van der Waals surface area contributed by atoms with Crippen LogP contribution in [-0.4, -0.2) is 37.2 Å². The minimum absolute atomic E-state index is 0.584. The van der Waals surface area contributed by atoms with Crippen molar-refractivity contribution in [2.45, 2.75) is 64.3 Å². The van der Waals surface area contributed by atoms with E-state index in [2.05, 4.69) is 28.8 Å². The largest absolute Gasteiger partial charge is 0.362 e. The van der Waals surface area contributed by atoms with Crippen LogP contribution in [0.3, 0.4) is 0 Å². The summed E-state index contributed by atoms with van der Waals surface area (Å²) in [5.41, 5.74) is 1.13. The molecule has 0 atom stereocenters. The molecule has 0 spiro atoms. The third kappa shape index (κ3) is 4.32. The highest BCUT2D eigenvalue weighted by Gasteiger charge is 2.19. The van der Waals surface area contributed by atoms with Gasteiger partial charge in [-0.25, -0.2) is 4.98 Å². The first kappa shape index (κ1) is 16.1. The Morgan fingerprint density at radius 2 is 1.52 bits per heavy atom. The van der Waals surface area contributed by atoms with E-state index in [-0.39, 0.29) is 0 Å². The number of aryl methyl sites for hydroxylation is 1. The maximum Gasteiger partial charge on any atom is 0.227 e. The predicted octanol–water partition coefficient (Wildman–Crippen LogP) is 3.79. The van der Waals surface area contributed by atoms with Crippen molar-refractivity contribution in [1.29, 1.82) is 0 Å².